The van der Waals surface area contributed by atoms with Gasteiger partial charge in [0.15, 0.2) is 0 Å². The van der Waals surface area contributed by atoms with E-state index in [0.29, 0.717) is 5.92 Å². The number of hydrogen-bond acceptors (Lipinski definition) is 3. The predicted molar refractivity (Wildman–Crippen MR) is 49.1 cm³/mol. The van der Waals surface area contributed by atoms with Crippen LogP contribution in [0.25, 0.3) is 0 Å². The van der Waals surface area contributed by atoms with Gasteiger partial charge in [-0.05, 0) is 12.8 Å². The van der Waals surface area contributed by atoms with Gasteiger partial charge in [-0.25, -0.2) is 4.79 Å². The summed E-state index contributed by atoms with van der Waals surface area (Å²) >= 11 is 0. The number of ether oxygens (including phenoxy) is 2. The van der Waals surface area contributed by atoms with Crippen molar-refractivity contribution in [2.45, 2.75) is 45.8 Å². The first kappa shape index (κ1) is 10.5. The molecule has 1 fully saturated rings. The molecule has 2 atom stereocenters. The Labute approximate surface area is 79.4 Å². The van der Waals surface area contributed by atoms with Crippen LogP contribution < -0.4 is 0 Å². The minimum atomic E-state index is -0.274. The van der Waals surface area contributed by atoms with E-state index in [1.807, 2.05) is 0 Å². The van der Waals surface area contributed by atoms with E-state index in [9.17, 15) is 4.79 Å². The summed E-state index contributed by atoms with van der Waals surface area (Å²) < 4.78 is 10.3. The Morgan fingerprint density at radius 1 is 1.54 bits per heavy atom. The average molecular weight is 186 g/mol. The summed E-state index contributed by atoms with van der Waals surface area (Å²) in [7, 11) is 0. The first-order valence-corrected chi connectivity index (χ1v) is 5.09. The molecule has 76 valence electrons. The lowest BCUT2D eigenvalue weighted by Gasteiger charge is -2.19. The van der Waals surface area contributed by atoms with Gasteiger partial charge >= 0.3 is 5.97 Å². The van der Waals surface area contributed by atoms with Gasteiger partial charge in [-0.3, -0.25) is 0 Å². The molecular formula is C10H18O3. The highest BCUT2D eigenvalue weighted by Crippen LogP contribution is 2.23. The number of rotatable bonds is 5. The quantitative estimate of drug-likeness (QED) is 0.617. The first-order chi connectivity index (χ1) is 6.27. The second kappa shape index (κ2) is 5.22. The van der Waals surface area contributed by atoms with Crippen molar-refractivity contribution in [1.82, 2.24) is 0 Å². The van der Waals surface area contributed by atoms with Crippen molar-refractivity contribution >= 4 is 5.97 Å². The van der Waals surface area contributed by atoms with Crippen LogP contribution in [0.5, 0.6) is 0 Å². The molecule has 0 aromatic rings. The monoisotopic (exact) mass is 186 g/mol. The van der Waals surface area contributed by atoms with Crippen molar-refractivity contribution in [3.05, 3.63) is 0 Å². The Bertz CT molecular complexity index is 168. The molecule has 1 rings (SSSR count). The van der Waals surface area contributed by atoms with E-state index in [1.54, 1.807) is 0 Å². The van der Waals surface area contributed by atoms with E-state index in [2.05, 4.69) is 13.8 Å². The molecule has 13 heavy (non-hydrogen) atoms. The molecule has 0 aromatic heterocycles. The van der Waals surface area contributed by atoms with Gasteiger partial charge in [-0.15, -0.1) is 0 Å². The molecular weight excluding hydrogens is 168 g/mol. The van der Waals surface area contributed by atoms with Crippen LogP contribution in [0.15, 0.2) is 0 Å². The maximum atomic E-state index is 10.8. The lowest BCUT2D eigenvalue weighted by atomic mass is 9.99. The molecule has 1 aliphatic rings. The van der Waals surface area contributed by atoms with Crippen molar-refractivity contribution in [2.75, 3.05) is 6.61 Å². The number of esters is 1. The maximum absolute atomic E-state index is 10.8. The minimum absolute atomic E-state index is 0.132. The second-order valence-electron chi connectivity index (χ2n) is 3.48. The Balaban J connectivity index is 2.33. The fourth-order valence-corrected chi connectivity index (χ4v) is 1.58. The molecule has 2 unspecified atom stereocenters. The van der Waals surface area contributed by atoms with E-state index in [4.69, 9.17) is 9.47 Å². The van der Waals surface area contributed by atoms with Gasteiger partial charge in [-0.2, -0.15) is 0 Å². The summed E-state index contributed by atoms with van der Waals surface area (Å²) in [6, 6.07) is 0. The van der Waals surface area contributed by atoms with Crippen molar-refractivity contribution < 1.29 is 14.3 Å². The van der Waals surface area contributed by atoms with E-state index in [1.165, 1.54) is 12.8 Å². The zero-order valence-corrected chi connectivity index (χ0v) is 8.41. The van der Waals surface area contributed by atoms with Crippen LogP contribution in [0.3, 0.4) is 0 Å². The molecule has 0 radical (unpaired) electrons. The smallest absolute Gasteiger partial charge is 0.334 e. The predicted octanol–water partition coefficient (Wildman–Crippen LogP) is 2.10. The number of unbranched alkanes of at least 4 members (excludes halogenated alkanes) is 1. The number of cyclic esters (lactones) is 1. The highest BCUT2D eigenvalue weighted by Gasteiger charge is 2.30. The largest absolute Gasteiger partial charge is 0.434 e. The number of carbonyl (C=O) groups excluding carboxylic acids is 1. The Morgan fingerprint density at radius 2 is 2.31 bits per heavy atom. The zero-order valence-electron chi connectivity index (χ0n) is 8.41. The lowest BCUT2D eigenvalue weighted by Crippen LogP contribution is -2.21. The van der Waals surface area contributed by atoms with Crippen molar-refractivity contribution in [1.29, 1.82) is 0 Å². The fraction of sp³-hybridized carbons (Fsp3) is 0.900. The highest BCUT2D eigenvalue weighted by molar-refractivity contribution is 5.72. The van der Waals surface area contributed by atoms with Crippen molar-refractivity contribution in [3.8, 4) is 0 Å². The normalized spacial score (nSPS) is 24.5. The summed E-state index contributed by atoms with van der Waals surface area (Å²) in [6.07, 6.45) is 4.18. The van der Waals surface area contributed by atoms with Gasteiger partial charge < -0.3 is 9.47 Å². The minimum Gasteiger partial charge on any atom is -0.434 e. The molecule has 0 bridgehead atoms. The van der Waals surface area contributed by atoms with Gasteiger partial charge in [-0.1, -0.05) is 26.7 Å². The molecule has 0 spiro atoms. The summed E-state index contributed by atoms with van der Waals surface area (Å²) in [4.78, 5) is 10.8. The highest BCUT2D eigenvalue weighted by atomic mass is 16.7. The number of carbonyl (C=O) groups is 1. The van der Waals surface area contributed by atoms with Crippen LogP contribution in [0.2, 0.25) is 0 Å². The molecule has 1 heterocycles. The summed E-state index contributed by atoms with van der Waals surface area (Å²) in [5, 5.41) is 0. The Kier molecular flexibility index (Phi) is 4.22. The van der Waals surface area contributed by atoms with Gasteiger partial charge in [0, 0.05) is 5.92 Å². The van der Waals surface area contributed by atoms with Gasteiger partial charge in [0.05, 0.1) is 0 Å². The summed E-state index contributed by atoms with van der Waals surface area (Å²) in [5.74, 6) is 0.159. The van der Waals surface area contributed by atoms with Crippen LogP contribution >= 0.6 is 0 Å². The molecule has 0 N–H and O–H groups in total. The van der Waals surface area contributed by atoms with E-state index >= 15 is 0 Å². The molecule has 1 saturated heterocycles. The molecule has 1 aliphatic heterocycles. The van der Waals surface area contributed by atoms with Gasteiger partial charge in [0.25, 0.3) is 0 Å². The van der Waals surface area contributed by atoms with Gasteiger partial charge in [0.2, 0.25) is 6.29 Å². The van der Waals surface area contributed by atoms with E-state index < -0.39 is 0 Å². The van der Waals surface area contributed by atoms with Crippen LogP contribution in [0, 0.1) is 5.92 Å². The van der Waals surface area contributed by atoms with Crippen LogP contribution in [-0.4, -0.2) is 18.9 Å². The van der Waals surface area contributed by atoms with E-state index in [0.717, 1.165) is 12.8 Å². The third-order valence-electron chi connectivity index (χ3n) is 2.45. The lowest BCUT2D eigenvalue weighted by molar-refractivity contribution is -0.148. The van der Waals surface area contributed by atoms with E-state index in [-0.39, 0.29) is 18.9 Å². The summed E-state index contributed by atoms with van der Waals surface area (Å²) in [6.45, 7) is 4.40. The first-order valence-electron chi connectivity index (χ1n) is 5.09. The fourth-order valence-electron chi connectivity index (χ4n) is 1.58. The standard InChI is InChI=1S/C10H18O3/c1-3-5-6-8(4-2)10-12-7-9(11)13-10/h8,10H,3-7H2,1-2H3. The molecule has 3 heteroatoms. The molecule has 0 saturated carbocycles. The van der Waals surface area contributed by atoms with Gasteiger partial charge in [0.1, 0.15) is 6.61 Å². The maximum Gasteiger partial charge on any atom is 0.334 e. The van der Waals surface area contributed by atoms with Crippen LogP contribution in [0.4, 0.5) is 0 Å². The molecule has 0 aromatic carbocycles. The average Bonchev–Trinajstić information content (AvgIpc) is 2.54. The third kappa shape index (κ3) is 2.99. The molecule has 0 aliphatic carbocycles. The van der Waals surface area contributed by atoms with Crippen molar-refractivity contribution in [3.63, 3.8) is 0 Å². The number of hydrogen-bond donors (Lipinski definition) is 0. The zero-order chi connectivity index (χ0) is 9.68. The van der Waals surface area contributed by atoms with Crippen LogP contribution in [-0.2, 0) is 14.3 Å². The SMILES string of the molecule is CCCCC(CC)C1OCC(=O)O1. The Morgan fingerprint density at radius 3 is 2.77 bits per heavy atom. The molecule has 0 amide bonds. The second-order valence-corrected chi connectivity index (χ2v) is 3.48. The third-order valence-corrected chi connectivity index (χ3v) is 2.45. The Hall–Kier alpha value is -0.570. The molecule has 3 nitrogen and oxygen atoms in total. The summed E-state index contributed by atoms with van der Waals surface area (Å²) in [5.41, 5.74) is 0. The van der Waals surface area contributed by atoms with Crippen LogP contribution in [0.1, 0.15) is 39.5 Å². The van der Waals surface area contributed by atoms with Crippen molar-refractivity contribution in [2.24, 2.45) is 5.92 Å². The topological polar surface area (TPSA) is 35.5 Å².